The Morgan fingerprint density at radius 2 is 1.55 bits per heavy atom. The molecule has 0 bridgehead atoms. The third-order valence-electron chi connectivity index (χ3n) is 2.77. The number of rotatable bonds is 4. The van der Waals surface area contributed by atoms with Crippen molar-refractivity contribution in [1.82, 2.24) is 9.97 Å². The van der Waals surface area contributed by atoms with Gasteiger partial charge >= 0.3 is 0 Å². The molecule has 22 heavy (non-hydrogen) atoms. The molecule has 0 fully saturated rings. The van der Waals surface area contributed by atoms with Crippen molar-refractivity contribution in [2.24, 2.45) is 0 Å². The fourth-order valence-electron chi connectivity index (χ4n) is 1.73. The van der Waals surface area contributed by atoms with Crippen LogP contribution in [0, 0.1) is 0 Å². The number of aromatic nitrogens is 2. The Bertz CT molecular complexity index is 778. The van der Waals surface area contributed by atoms with E-state index in [2.05, 4.69) is 9.97 Å². The summed E-state index contributed by atoms with van der Waals surface area (Å²) in [5.41, 5.74) is 6.30. The molecule has 0 aliphatic carbocycles. The van der Waals surface area contributed by atoms with Crippen molar-refractivity contribution in [2.75, 3.05) is 5.73 Å². The first-order valence-electron chi connectivity index (χ1n) is 6.48. The van der Waals surface area contributed by atoms with Crippen molar-refractivity contribution < 1.29 is 9.47 Å². The van der Waals surface area contributed by atoms with Crippen molar-refractivity contribution >= 4 is 17.3 Å². The van der Waals surface area contributed by atoms with Gasteiger partial charge in [0.2, 0.25) is 11.8 Å². The topological polar surface area (TPSA) is 70.3 Å². The Morgan fingerprint density at radius 1 is 0.864 bits per heavy atom. The van der Waals surface area contributed by atoms with Crippen molar-refractivity contribution in [1.29, 1.82) is 0 Å². The lowest BCUT2D eigenvalue weighted by atomic mass is 10.3. The molecule has 2 aromatic carbocycles. The molecule has 1 heterocycles. The standard InChI is InChI=1S/C16H12ClN3O2/c17-13-3-1-2-4-14(13)22-16-9-15(19-10-20-16)21-12-7-5-11(18)6-8-12/h1-10H,18H2. The summed E-state index contributed by atoms with van der Waals surface area (Å²) in [5, 5.41) is 0.502. The van der Waals surface area contributed by atoms with Crippen LogP contribution in [0.1, 0.15) is 0 Å². The SMILES string of the molecule is Nc1ccc(Oc2cc(Oc3ccccc3Cl)ncn2)cc1. The van der Waals surface area contributed by atoms with Gasteiger partial charge in [-0.15, -0.1) is 0 Å². The molecule has 3 aromatic rings. The summed E-state index contributed by atoms with van der Waals surface area (Å²) in [6, 6.07) is 15.7. The van der Waals surface area contributed by atoms with E-state index in [1.807, 2.05) is 12.1 Å². The van der Waals surface area contributed by atoms with Crippen LogP contribution < -0.4 is 15.2 Å². The van der Waals surface area contributed by atoms with E-state index in [-0.39, 0.29) is 0 Å². The van der Waals surface area contributed by atoms with Crippen LogP contribution in [0.5, 0.6) is 23.3 Å². The van der Waals surface area contributed by atoms with E-state index >= 15 is 0 Å². The number of nitrogen functional groups attached to an aromatic ring is 1. The second kappa shape index (κ2) is 6.32. The van der Waals surface area contributed by atoms with Crippen molar-refractivity contribution in [3.05, 3.63) is 65.9 Å². The largest absolute Gasteiger partial charge is 0.439 e. The second-order valence-corrected chi connectivity index (χ2v) is 4.81. The van der Waals surface area contributed by atoms with Crippen LogP contribution in [0.4, 0.5) is 5.69 Å². The highest BCUT2D eigenvalue weighted by molar-refractivity contribution is 6.32. The Kier molecular flexibility index (Phi) is 4.07. The molecule has 110 valence electrons. The minimum atomic E-state index is 0.341. The number of halogens is 1. The van der Waals surface area contributed by atoms with E-state index in [4.69, 9.17) is 26.8 Å². The lowest BCUT2D eigenvalue weighted by molar-refractivity contribution is 0.433. The van der Waals surface area contributed by atoms with Gasteiger partial charge in [-0.1, -0.05) is 23.7 Å². The summed E-state index contributed by atoms with van der Waals surface area (Å²) in [6.07, 6.45) is 1.36. The molecule has 0 aliphatic rings. The first kappa shape index (κ1) is 14.2. The highest BCUT2D eigenvalue weighted by Gasteiger charge is 2.06. The number of ether oxygens (including phenoxy) is 2. The minimum absolute atomic E-state index is 0.341. The minimum Gasteiger partial charge on any atom is -0.439 e. The predicted octanol–water partition coefficient (Wildman–Crippen LogP) is 4.30. The molecular formula is C16H12ClN3O2. The highest BCUT2D eigenvalue weighted by atomic mass is 35.5. The van der Waals surface area contributed by atoms with Gasteiger partial charge in [-0.2, -0.15) is 0 Å². The first-order valence-corrected chi connectivity index (χ1v) is 6.86. The van der Waals surface area contributed by atoms with Crippen LogP contribution in [0.15, 0.2) is 60.9 Å². The summed E-state index contributed by atoms with van der Waals surface area (Å²) in [6.45, 7) is 0. The van der Waals surface area contributed by atoms with Crippen LogP contribution in [0.2, 0.25) is 5.02 Å². The lowest BCUT2D eigenvalue weighted by Gasteiger charge is -2.08. The average molecular weight is 314 g/mol. The van der Waals surface area contributed by atoms with E-state index in [1.54, 1.807) is 42.5 Å². The van der Waals surface area contributed by atoms with Crippen molar-refractivity contribution in [3.8, 4) is 23.3 Å². The number of benzene rings is 2. The van der Waals surface area contributed by atoms with Gasteiger partial charge in [0.05, 0.1) is 11.1 Å². The molecule has 3 rings (SSSR count). The number of anilines is 1. The summed E-state index contributed by atoms with van der Waals surface area (Å²) < 4.78 is 11.2. The molecule has 0 atom stereocenters. The van der Waals surface area contributed by atoms with Crippen LogP contribution in [-0.4, -0.2) is 9.97 Å². The predicted molar refractivity (Wildman–Crippen MR) is 84.5 cm³/mol. The molecule has 0 saturated carbocycles. The molecule has 0 amide bonds. The van der Waals surface area contributed by atoms with Crippen LogP contribution >= 0.6 is 11.6 Å². The van der Waals surface area contributed by atoms with Crippen molar-refractivity contribution in [2.45, 2.75) is 0 Å². The van der Waals surface area contributed by atoms with Gasteiger partial charge < -0.3 is 15.2 Å². The maximum atomic E-state index is 6.05. The molecule has 2 N–H and O–H groups in total. The second-order valence-electron chi connectivity index (χ2n) is 4.40. The van der Waals surface area contributed by atoms with E-state index in [0.717, 1.165) is 0 Å². The van der Waals surface area contributed by atoms with Gasteiger partial charge in [0.1, 0.15) is 17.8 Å². The van der Waals surface area contributed by atoms with Gasteiger partial charge in [0.15, 0.2) is 0 Å². The zero-order chi connectivity index (χ0) is 15.4. The van der Waals surface area contributed by atoms with Gasteiger partial charge in [-0.05, 0) is 36.4 Å². The van der Waals surface area contributed by atoms with Crippen LogP contribution in [0.3, 0.4) is 0 Å². The number of hydrogen-bond acceptors (Lipinski definition) is 5. The fourth-order valence-corrected chi connectivity index (χ4v) is 1.91. The average Bonchev–Trinajstić information content (AvgIpc) is 2.52. The van der Waals surface area contributed by atoms with E-state index in [1.165, 1.54) is 6.33 Å². The van der Waals surface area contributed by atoms with Crippen molar-refractivity contribution in [3.63, 3.8) is 0 Å². The molecule has 6 heteroatoms. The number of nitrogens with two attached hydrogens (primary N) is 1. The first-order chi connectivity index (χ1) is 10.7. The Balaban J connectivity index is 1.78. The normalized spacial score (nSPS) is 10.2. The maximum absolute atomic E-state index is 6.05. The van der Waals surface area contributed by atoms with Gasteiger partial charge in [0.25, 0.3) is 0 Å². The Labute approximate surface area is 132 Å². The number of para-hydroxylation sites is 1. The third kappa shape index (κ3) is 3.45. The molecular weight excluding hydrogens is 302 g/mol. The quantitative estimate of drug-likeness (QED) is 0.727. The van der Waals surface area contributed by atoms with E-state index < -0.39 is 0 Å². The fraction of sp³-hybridized carbons (Fsp3) is 0. The molecule has 0 aliphatic heterocycles. The van der Waals surface area contributed by atoms with Crippen LogP contribution in [0.25, 0.3) is 0 Å². The summed E-state index contributed by atoms with van der Waals surface area (Å²) >= 11 is 6.05. The maximum Gasteiger partial charge on any atom is 0.226 e. The highest BCUT2D eigenvalue weighted by Crippen LogP contribution is 2.29. The molecule has 5 nitrogen and oxygen atoms in total. The van der Waals surface area contributed by atoms with E-state index in [9.17, 15) is 0 Å². The van der Waals surface area contributed by atoms with Gasteiger partial charge in [-0.25, -0.2) is 9.97 Å². The number of nitrogens with zero attached hydrogens (tertiary/aromatic N) is 2. The summed E-state index contributed by atoms with van der Waals surface area (Å²) in [5.74, 6) is 1.84. The molecule has 1 aromatic heterocycles. The van der Waals surface area contributed by atoms with Crippen LogP contribution in [-0.2, 0) is 0 Å². The summed E-state index contributed by atoms with van der Waals surface area (Å²) in [4.78, 5) is 8.08. The monoisotopic (exact) mass is 313 g/mol. The Morgan fingerprint density at radius 3 is 2.27 bits per heavy atom. The summed E-state index contributed by atoms with van der Waals surface area (Å²) in [7, 11) is 0. The van der Waals surface area contributed by atoms with Gasteiger partial charge in [-0.3, -0.25) is 0 Å². The zero-order valence-corrected chi connectivity index (χ0v) is 12.2. The molecule has 0 radical (unpaired) electrons. The molecule has 0 saturated heterocycles. The molecule has 0 unspecified atom stereocenters. The lowest BCUT2D eigenvalue weighted by Crippen LogP contribution is -1.93. The molecule has 0 spiro atoms. The van der Waals surface area contributed by atoms with E-state index in [0.29, 0.717) is 34.0 Å². The third-order valence-corrected chi connectivity index (χ3v) is 3.08. The number of hydrogen-bond donors (Lipinski definition) is 1. The van der Waals surface area contributed by atoms with Gasteiger partial charge in [0, 0.05) is 5.69 Å². The zero-order valence-electron chi connectivity index (χ0n) is 11.4. The smallest absolute Gasteiger partial charge is 0.226 e. The Hall–Kier alpha value is -2.79.